The quantitative estimate of drug-likeness (QED) is 0.659. The number of benzene rings is 1. The molecule has 94 valence electrons. The fourth-order valence-corrected chi connectivity index (χ4v) is 3.35. The molecule has 0 radical (unpaired) electrons. The first-order valence-electron chi connectivity index (χ1n) is 6.03. The number of nitrogens with two attached hydrogens (primary N) is 1. The molecule has 0 spiro atoms. The smallest absolute Gasteiger partial charge is 0.122 e. The van der Waals surface area contributed by atoms with E-state index in [9.17, 15) is 0 Å². The summed E-state index contributed by atoms with van der Waals surface area (Å²) in [6.07, 6.45) is 0. The lowest BCUT2D eigenvalue weighted by Gasteiger charge is -2.22. The van der Waals surface area contributed by atoms with Crippen LogP contribution in [0.3, 0.4) is 0 Å². The maximum Gasteiger partial charge on any atom is 0.122 e. The molecule has 1 aromatic carbocycles. The molecule has 2 heterocycles. The molecule has 0 bridgehead atoms. The van der Waals surface area contributed by atoms with Gasteiger partial charge in [-0.25, -0.2) is 0 Å². The Morgan fingerprint density at radius 3 is 2.94 bits per heavy atom. The Bertz CT molecular complexity index is 552. The van der Waals surface area contributed by atoms with Gasteiger partial charge in [-0.2, -0.15) is 0 Å². The lowest BCUT2D eigenvalue weighted by atomic mass is 9.89. The van der Waals surface area contributed by atoms with E-state index in [0.717, 1.165) is 5.75 Å². The minimum Gasteiger partial charge on any atom is -0.493 e. The summed E-state index contributed by atoms with van der Waals surface area (Å²) >= 11 is 1.75. The first-order valence-corrected chi connectivity index (χ1v) is 6.91. The van der Waals surface area contributed by atoms with Crippen molar-refractivity contribution in [2.24, 2.45) is 5.84 Å². The molecule has 1 aromatic heterocycles. The number of hydrogen-bond donors (Lipinski definition) is 2. The minimum atomic E-state index is 0.111. The van der Waals surface area contributed by atoms with Crippen LogP contribution in [0.15, 0.2) is 35.7 Å². The number of para-hydroxylation sites is 1. The normalized spacial score (nSPS) is 19.3. The Kier molecular flexibility index (Phi) is 3.07. The zero-order valence-electron chi connectivity index (χ0n) is 10.2. The number of hydrazine groups is 1. The summed E-state index contributed by atoms with van der Waals surface area (Å²) in [6, 6.07) is 10.4. The number of rotatable bonds is 3. The molecule has 4 heteroatoms. The van der Waals surface area contributed by atoms with Crippen molar-refractivity contribution in [3.63, 3.8) is 0 Å². The third kappa shape index (κ3) is 1.82. The predicted molar refractivity (Wildman–Crippen MR) is 73.8 cm³/mol. The van der Waals surface area contributed by atoms with E-state index < -0.39 is 0 Å². The van der Waals surface area contributed by atoms with Crippen molar-refractivity contribution in [1.82, 2.24) is 5.43 Å². The van der Waals surface area contributed by atoms with Crippen LogP contribution in [0.25, 0.3) is 0 Å². The Hall–Kier alpha value is -1.36. The van der Waals surface area contributed by atoms with Gasteiger partial charge in [0.15, 0.2) is 0 Å². The van der Waals surface area contributed by atoms with Crippen LogP contribution in [0, 0.1) is 6.92 Å². The Morgan fingerprint density at radius 2 is 2.22 bits per heavy atom. The molecule has 3 nitrogen and oxygen atoms in total. The van der Waals surface area contributed by atoms with Crippen molar-refractivity contribution in [3.8, 4) is 5.75 Å². The third-order valence-electron chi connectivity index (χ3n) is 3.55. The number of ether oxygens (including phenoxy) is 1. The molecular formula is C14H16N2OS. The number of hydrogen-bond acceptors (Lipinski definition) is 4. The van der Waals surface area contributed by atoms with Crippen molar-refractivity contribution in [2.45, 2.75) is 18.9 Å². The van der Waals surface area contributed by atoms with Crippen LogP contribution in [0.2, 0.25) is 0 Å². The van der Waals surface area contributed by atoms with E-state index in [2.05, 4.69) is 35.9 Å². The van der Waals surface area contributed by atoms with Gasteiger partial charge in [0.2, 0.25) is 0 Å². The second kappa shape index (κ2) is 4.72. The molecule has 0 saturated carbocycles. The van der Waals surface area contributed by atoms with E-state index in [-0.39, 0.29) is 12.0 Å². The fraction of sp³-hybridized carbons (Fsp3) is 0.286. The molecule has 2 aromatic rings. The topological polar surface area (TPSA) is 47.3 Å². The van der Waals surface area contributed by atoms with Crippen LogP contribution in [-0.2, 0) is 0 Å². The molecule has 2 atom stereocenters. The van der Waals surface area contributed by atoms with E-state index in [0.29, 0.717) is 6.61 Å². The van der Waals surface area contributed by atoms with E-state index in [4.69, 9.17) is 10.6 Å². The first kappa shape index (κ1) is 11.7. The first-order chi connectivity index (χ1) is 8.81. The maximum atomic E-state index is 5.77. The van der Waals surface area contributed by atoms with Crippen molar-refractivity contribution < 1.29 is 4.74 Å². The summed E-state index contributed by atoms with van der Waals surface area (Å²) < 4.78 is 5.74. The van der Waals surface area contributed by atoms with Crippen molar-refractivity contribution in [3.05, 3.63) is 51.7 Å². The molecule has 1 aliphatic rings. The highest BCUT2D eigenvalue weighted by Crippen LogP contribution is 2.42. The molecule has 0 saturated heterocycles. The Labute approximate surface area is 111 Å². The van der Waals surface area contributed by atoms with Crippen LogP contribution in [0.1, 0.15) is 28.0 Å². The summed E-state index contributed by atoms with van der Waals surface area (Å²) in [5.41, 5.74) is 5.47. The van der Waals surface area contributed by atoms with Gasteiger partial charge < -0.3 is 4.74 Å². The van der Waals surface area contributed by atoms with Gasteiger partial charge in [0.05, 0.1) is 12.6 Å². The highest BCUT2D eigenvalue weighted by atomic mass is 32.1. The van der Waals surface area contributed by atoms with E-state index in [1.165, 1.54) is 16.0 Å². The average Bonchev–Trinajstić information content (AvgIpc) is 2.99. The molecule has 0 aliphatic carbocycles. The van der Waals surface area contributed by atoms with Gasteiger partial charge >= 0.3 is 0 Å². The SMILES string of the molecule is Cc1sccc1C(NN)C1COc2ccccc21. The largest absolute Gasteiger partial charge is 0.493 e. The van der Waals surface area contributed by atoms with Gasteiger partial charge in [-0.3, -0.25) is 11.3 Å². The summed E-state index contributed by atoms with van der Waals surface area (Å²) in [4.78, 5) is 1.31. The lowest BCUT2D eigenvalue weighted by molar-refractivity contribution is 0.300. The van der Waals surface area contributed by atoms with Crippen molar-refractivity contribution in [2.75, 3.05) is 6.61 Å². The molecule has 18 heavy (non-hydrogen) atoms. The van der Waals surface area contributed by atoms with Gasteiger partial charge in [-0.05, 0) is 30.0 Å². The standard InChI is InChI=1S/C14H16N2OS/c1-9-10(6-7-18-9)14(16-15)12-8-17-13-5-3-2-4-11(12)13/h2-7,12,14,16H,8,15H2,1H3. The van der Waals surface area contributed by atoms with E-state index in [1.54, 1.807) is 11.3 Å². The van der Waals surface area contributed by atoms with Crippen LogP contribution in [0.5, 0.6) is 5.75 Å². The van der Waals surface area contributed by atoms with Crippen LogP contribution >= 0.6 is 11.3 Å². The summed E-state index contributed by atoms with van der Waals surface area (Å²) in [7, 11) is 0. The number of thiophene rings is 1. The van der Waals surface area contributed by atoms with Crippen LogP contribution in [0.4, 0.5) is 0 Å². The lowest BCUT2D eigenvalue weighted by Crippen LogP contribution is -2.33. The van der Waals surface area contributed by atoms with Gasteiger partial charge in [0, 0.05) is 16.4 Å². The van der Waals surface area contributed by atoms with E-state index >= 15 is 0 Å². The summed E-state index contributed by atoms with van der Waals surface area (Å²) in [5.74, 6) is 7.03. The highest BCUT2D eigenvalue weighted by molar-refractivity contribution is 7.10. The molecule has 1 aliphatic heterocycles. The molecule has 2 unspecified atom stereocenters. The number of fused-ring (bicyclic) bond motifs is 1. The van der Waals surface area contributed by atoms with Gasteiger partial charge in [-0.1, -0.05) is 18.2 Å². The van der Waals surface area contributed by atoms with Gasteiger partial charge in [-0.15, -0.1) is 11.3 Å². The van der Waals surface area contributed by atoms with Gasteiger partial charge in [0.25, 0.3) is 0 Å². The monoisotopic (exact) mass is 260 g/mol. The molecule has 3 rings (SSSR count). The molecule has 0 amide bonds. The van der Waals surface area contributed by atoms with Gasteiger partial charge in [0.1, 0.15) is 5.75 Å². The summed E-state index contributed by atoms with van der Waals surface area (Å²) in [5, 5.41) is 2.11. The number of nitrogens with one attached hydrogen (secondary N) is 1. The third-order valence-corrected chi connectivity index (χ3v) is 4.41. The second-order valence-corrected chi connectivity index (χ2v) is 5.65. The summed E-state index contributed by atoms with van der Waals surface area (Å²) in [6.45, 7) is 2.82. The van der Waals surface area contributed by atoms with Crippen molar-refractivity contribution >= 4 is 11.3 Å². The van der Waals surface area contributed by atoms with Crippen molar-refractivity contribution in [1.29, 1.82) is 0 Å². The predicted octanol–water partition coefficient (Wildman–Crippen LogP) is 2.74. The zero-order chi connectivity index (χ0) is 12.5. The highest BCUT2D eigenvalue weighted by Gasteiger charge is 2.32. The minimum absolute atomic E-state index is 0.111. The second-order valence-electron chi connectivity index (χ2n) is 4.53. The van der Waals surface area contributed by atoms with E-state index in [1.807, 2.05) is 12.1 Å². The van der Waals surface area contributed by atoms with Crippen LogP contribution < -0.4 is 16.0 Å². The Balaban J connectivity index is 1.98. The average molecular weight is 260 g/mol. The maximum absolute atomic E-state index is 5.77. The van der Waals surface area contributed by atoms with Crippen LogP contribution in [-0.4, -0.2) is 6.61 Å². The molecule has 3 N–H and O–H groups in total. The molecule has 0 fully saturated rings. The molecular weight excluding hydrogens is 244 g/mol. The Morgan fingerprint density at radius 1 is 1.39 bits per heavy atom. The number of aryl methyl sites for hydroxylation is 1. The zero-order valence-corrected chi connectivity index (χ0v) is 11.0. The fourth-order valence-electron chi connectivity index (χ4n) is 2.60.